The van der Waals surface area contributed by atoms with Gasteiger partial charge in [0.15, 0.2) is 0 Å². The van der Waals surface area contributed by atoms with Crippen molar-refractivity contribution in [2.75, 3.05) is 0 Å². The van der Waals surface area contributed by atoms with Gasteiger partial charge in [-0.2, -0.15) is 0 Å². The molecule has 3 atom stereocenters. The number of aromatic nitrogens is 1. The van der Waals surface area contributed by atoms with Crippen LogP contribution in [-0.4, -0.2) is 16.9 Å². The number of oxazole rings is 1. The van der Waals surface area contributed by atoms with Gasteiger partial charge in [-0.05, 0) is 36.8 Å². The second-order valence-corrected chi connectivity index (χ2v) is 6.39. The number of benzene rings is 1. The van der Waals surface area contributed by atoms with Crippen LogP contribution in [0.5, 0.6) is 0 Å². The molecule has 0 aliphatic heterocycles. The fourth-order valence-corrected chi connectivity index (χ4v) is 3.71. The van der Waals surface area contributed by atoms with Crippen LogP contribution in [0.3, 0.4) is 0 Å². The minimum Gasteiger partial charge on any atom is -0.444 e. The lowest BCUT2D eigenvalue weighted by Gasteiger charge is -2.04. The summed E-state index contributed by atoms with van der Waals surface area (Å²) in [5.74, 6) is 2.10. The molecule has 2 fully saturated rings. The van der Waals surface area contributed by atoms with Crippen LogP contribution in [0.25, 0.3) is 11.5 Å². The number of carbonyl (C=O) groups excluding carboxylic acids is 1. The molecule has 1 aromatic carbocycles. The van der Waals surface area contributed by atoms with Crippen LogP contribution in [0.15, 0.2) is 41.0 Å². The Hall–Kier alpha value is -2.10. The minimum atomic E-state index is 0.0623. The van der Waals surface area contributed by atoms with E-state index in [0.29, 0.717) is 24.0 Å². The van der Waals surface area contributed by atoms with E-state index in [0.717, 1.165) is 17.4 Å². The van der Waals surface area contributed by atoms with E-state index in [-0.39, 0.29) is 5.91 Å². The number of hydrogen-bond donors (Lipinski definition) is 1. The zero-order valence-electron chi connectivity index (χ0n) is 12.5. The van der Waals surface area contributed by atoms with Gasteiger partial charge in [0.1, 0.15) is 6.26 Å². The van der Waals surface area contributed by atoms with E-state index in [2.05, 4.69) is 10.3 Å². The van der Waals surface area contributed by atoms with E-state index < -0.39 is 0 Å². The summed E-state index contributed by atoms with van der Waals surface area (Å²) in [6.45, 7) is 0. The van der Waals surface area contributed by atoms with Gasteiger partial charge in [-0.15, -0.1) is 0 Å². The average Bonchev–Trinajstić information content (AvgIpc) is 3.03. The Bertz CT molecular complexity index is 653. The van der Waals surface area contributed by atoms with Crippen LogP contribution >= 0.6 is 0 Å². The van der Waals surface area contributed by atoms with Crippen molar-refractivity contribution in [2.45, 2.75) is 38.1 Å². The fraction of sp³-hybridized carbons (Fsp3) is 0.444. The van der Waals surface area contributed by atoms with Crippen LogP contribution in [0.1, 0.15) is 31.4 Å². The van der Waals surface area contributed by atoms with Crippen molar-refractivity contribution in [2.24, 2.45) is 11.8 Å². The third kappa shape index (κ3) is 2.65. The highest BCUT2D eigenvalue weighted by molar-refractivity contribution is 5.79. The third-order valence-electron chi connectivity index (χ3n) is 4.90. The van der Waals surface area contributed by atoms with Gasteiger partial charge in [-0.1, -0.05) is 31.0 Å². The minimum absolute atomic E-state index is 0.0623. The molecule has 22 heavy (non-hydrogen) atoms. The Balaban J connectivity index is 1.36. The standard InChI is InChI=1S/C18H20N2O2/c21-16(20-17-14-8-4-5-9-15(14)17)10-13-11-22-18(19-13)12-6-2-1-3-7-12/h1-3,6-7,11,14-15,17H,4-5,8-10H2,(H,20,21)/t14-,15+,17?. The predicted molar refractivity (Wildman–Crippen MR) is 83.0 cm³/mol. The zero-order valence-corrected chi connectivity index (χ0v) is 12.5. The highest BCUT2D eigenvalue weighted by Gasteiger charge is 2.51. The first-order chi connectivity index (χ1) is 10.8. The average molecular weight is 296 g/mol. The molecule has 2 saturated carbocycles. The summed E-state index contributed by atoms with van der Waals surface area (Å²) in [7, 11) is 0. The van der Waals surface area contributed by atoms with Crippen LogP contribution < -0.4 is 5.32 Å². The SMILES string of the molecule is O=C(Cc1coc(-c2ccccc2)n1)NC1[C@H]2CCCC[C@@H]12. The molecule has 0 bridgehead atoms. The number of amides is 1. The van der Waals surface area contributed by atoms with Crippen LogP contribution in [0, 0.1) is 11.8 Å². The van der Waals surface area contributed by atoms with E-state index in [1.807, 2.05) is 30.3 Å². The molecule has 4 nitrogen and oxygen atoms in total. The normalized spacial score (nSPS) is 26.3. The van der Waals surface area contributed by atoms with Crippen molar-refractivity contribution in [3.8, 4) is 11.5 Å². The van der Waals surface area contributed by atoms with Gasteiger partial charge in [0.05, 0.1) is 12.1 Å². The predicted octanol–water partition coefficient (Wildman–Crippen LogP) is 3.19. The van der Waals surface area contributed by atoms with Gasteiger partial charge in [-0.25, -0.2) is 4.98 Å². The number of rotatable bonds is 4. The van der Waals surface area contributed by atoms with Crippen LogP contribution in [-0.2, 0) is 11.2 Å². The van der Waals surface area contributed by atoms with Gasteiger partial charge >= 0.3 is 0 Å². The van der Waals surface area contributed by atoms with Gasteiger partial charge in [-0.3, -0.25) is 4.79 Å². The molecule has 2 aromatic rings. The summed E-state index contributed by atoms with van der Waals surface area (Å²) in [4.78, 5) is 16.6. The second-order valence-electron chi connectivity index (χ2n) is 6.39. The van der Waals surface area contributed by atoms with Gasteiger partial charge in [0, 0.05) is 11.6 Å². The Morgan fingerprint density at radius 3 is 2.64 bits per heavy atom. The molecule has 1 aromatic heterocycles. The maximum absolute atomic E-state index is 12.2. The molecule has 0 saturated heterocycles. The molecule has 0 spiro atoms. The quantitative estimate of drug-likeness (QED) is 0.942. The van der Waals surface area contributed by atoms with E-state index in [1.54, 1.807) is 6.26 Å². The summed E-state index contributed by atoms with van der Waals surface area (Å²) < 4.78 is 5.48. The number of fused-ring (bicyclic) bond motifs is 1. The topological polar surface area (TPSA) is 55.1 Å². The maximum atomic E-state index is 12.2. The van der Waals surface area contributed by atoms with Crippen molar-refractivity contribution in [3.63, 3.8) is 0 Å². The summed E-state index contributed by atoms with van der Waals surface area (Å²) in [5, 5.41) is 3.17. The lowest BCUT2D eigenvalue weighted by molar-refractivity contribution is -0.120. The number of nitrogens with one attached hydrogen (secondary N) is 1. The van der Waals surface area contributed by atoms with Crippen molar-refractivity contribution >= 4 is 5.91 Å². The van der Waals surface area contributed by atoms with E-state index in [9.17, 15) is 4.79 Å². The highest BCUT2D eigenvalue weighted by atomic mass is 16.3. The molecular formula is C18H20N2O2. The second kappa shape index (κ2) is 5.59. The van der Waals surface area contributed by atoms with Crippen molar-refractivity contribution in [3.05, 3.63) is 42.3 Å². The van der Waals surface area contributed by atoms with Crippen LogP contribution in [0.4, 0.5) is 0 Å². The molecule has 2 aliphatic rings. The van der Waals surface area contributed by atoms with Gasteiger partial charge in [0.2, 0.25) is 11.8 Å². The highest BCUT2D eigenvalue weighted by Crippen LogP contribution is 2.49. The summed E-state index contributed by atoms with van der Waals surface area (Å²) in [6, 6.07) is 10.2. The maximum Gasteiger partial charge on any atom is 0.226 e. The molecule has 1 unspecified atom stereocenters. The summed E-state index contributed by atoms with van der Waals surface area (Å²) in [6.07, 6.45) is 7.07. The molecule has 114 valence electrons. The van der Waals surface area contributed by atoms with E-state index in [4.69, 9.17) is 4.42 Å². The molecule has 2 aliphatic carbocycles. The number of nitrogens with zero attached hydrogens (tertiary/aromatic N) is 1. The number of carbonyl (C=O) groups is 1. The first-order valence-electron chi connectivity index (χ1n) is 8.10. The molecule has 4 rings (SSSR count). The van der Waals surface area contributed by atoms with Gasteiger partial charge in [0.25, 0.3) is 0 Å². The Labute approximate surface area is 129 Å². The third-order valence-corrected chi connectivity index (χ3v) is 4.90. The van der Waals surface area contributed by atoms with E-state index in [1.165, 1.54) is 25.7 Å². The van der Waals surface area contributed by atoms with Crippen molar-refractivity contribution in [1.29, 1.82) is 0 Å². The lowest BCUT2D eigenvalue weighted by Crippen LogP contribution is -2.29. The molecule has 0 radical (unpaired) electrons. The molecule has 1 N–H and O–H groups in total. The molecule has 1 heterocycles. The first-order valence-corrected chi connectivity index (χ1v) is 8.10. The smallest absolute Gasteiger partial charge is 0.226 e. The Morgan fingerprint density at radius 1 is 1.18 bits per heavy atom. The Morgan fingerprint density at radius 2 is 1.91 bits per heavy atom. The zero-order chi connectivity index (χ0) is 14.9. The monoisotopic (exact) mass is 296 g/mol. The number of hydrogen-bond acceptors (Lipinski definition) is 3. The lowest BCUT2D eigenvalue weighted by atomic mass is 10.0. The van der Waals surface area contributed by atoms with Gasteiger partial charge < -0.3 is 9.73 Å². The van der Waals surface area contributed by atoms with Crippen molar-refractivity contribution in [1.82, 2.24) is 10.3 Å². The van der Waals surface area contributed by atoms with E-state index >= 15 is 0 Å². The summed E-state index contributed by atoms with van der Waals surface area (Å²) in [5.41, 5.74) is 1.63. The van der Waals surface area contributed by atoms with Crippen molar-refractivity contribution < 1.29 is 9.21 Å². The largest absolute Gasteiger partial charge is 0.444 e. The first kappa shape index (κ1) is 13.6. The summed E-state index contributed by atoms with van der Waals surface area (Å²) >= 11 is 0. The fourth-order valence-electron chi connectivity index (χ4n) is 3.71. The molecule has 4 heteroatoms. The molecular weight excluding hydrogens is 276 g/mol. The Kier molecular flexibility index (Phi) is 3.45. The van der Waals surface area contributed by atoms with Crippen LogP contribution in [0.2, 0.25) is 0 Å². The molecule has 1 amide bonds.